The van der Waals surface area contributed by atoms with E-state index in [9.17, 15) is 9.18 Å². The summed E-state index contributed by atoms with van der Waals surface area (Å²) in [6.45, 7) is 6.67. The second-order valence-corrected chi connectivity index (χ2v) is 12.4. The van der Waals surface area contributed by atoms with Crippen LogP contribution in [0, 0.1) is 5.82 Å². The van der Waals surface area contributed by atoms with Crippen molar-refractivity contribution in [1.29, 1.82) is 0 Å². The van der Waals surface area contributed by atoms with Crippen molar-refractivity contribution in [3.63, 3.8) is 0 Å². The number of aliphatic imine (C=N–C) groups is 1. The molecule has 1 N–H and O–H groups in total. The van der Waals surface area contributed by atoms with Gasteiger partial charge in [-0.3, -0.25) is 19.6 Å². The molecule has 3 aromatic carbocycles. The zero-order chi connectivity index (χ0) is 30.9. The fourth-order valence-corrected chi connectivity index (χ4v) is 6.67. The number of hydrogen-bond donors (Lipinski definition) is 1. The van der Waals surface area contributed by atoms with Gasteiger partial charge < -0.3 is 10.2 Å². The van der Waals surface area contributed by atoms with Crippen LogP contribution in [0.5, 0.6) is 0 Å². The molecule has 1 amide bonds. The molecule has 0 unspecified atom stereocenters. The summed E-state index contributed by atoms with van der Waals surface area (Å²) in [5, 5.41) is 4.11. The van der Waals surface area contributed by atoms with Crippen LogP contribution in [0.2, 0.25) is 10.0 Å². The summed E-state index contributed by atoms with van der Waals surface area (Å²) in [5.41, 5.74) is 4.98. The first-order valence-electron chi connectivity index (χ1n) is 15.2. The molecule has 7 rings (SSSR count). The molecule has 0 radical (unpaired) electrons. The van der Waals surface area contributed by atoms with Gasteiger partial charge >= 0.3 is 0 Å². The van der Waals surface area contributed by atoms with E-state index in [4.69, 9.17) is 33.2 Å². The molecule has 2 saturated heterocycles. The van der Waals surface area contributed by atoms with E-state index in [0.717, 1.165) is 30.9 Å². The van der Waals surface area contributed by atoms with Crippen LogP contribution in [-0.2, 0) is 6.54 Å². The monoisotopic (exact) mass is 643 g/mol. The number of carbonyl (C=O) groups excluding carboxylic acids is 1. The largest absolute Gasteiger partial charge is 0.336 e. The van der Waals surface area contributed by atoms with E-state index in [1.165, 1.54) is 32.0 Å². The van der Waals surface area contributed by atoms with Gasteiger partial charge in [0.1, 0.15) is 5.82 Å². The van der Waals surface area contributed by atoms with Crippen molar-refractivity contribution in [1.82, 2.24) is 24.7 Å². The molecule has 0 aliphatic carbocycles. The number of benzene rings is 3. The zero-order valence-electron chi connectivity index (χ0n) is 24.6. The van der Waals surface area contributed by atoms with Gasteiger partial charge in [-0.1, -0.05) is 41.4 Å². The first-order valence-corrected chi connectivity index (χ1v) is 15.9. The number of hydrogen-bond acceptors (Lipinski definition) is 7. The lowest BCUT2D eigenvalue weighted by Gasteiger charge is -2.36. The Bertz CT molecular complexity index is 1780. The van der Waals surface area contributed by atoms with Gasteiger partial charge in [0.2, 0.25) is 5.95 Å². The SMILES string of the molecule is O=C(c1ccc(Nc2ncc3c(n2)-c2ccc(Cl)cc2C(c2ccccc2F)=NC3)cc1Cl)N1CCN(CN2CCCC2)CC1. The van der Waals surface area contributed by atoms with Crippen molar-refractivity contribution >= 4 is 46.5 Å². The Morgan fingerprint density at radius 1 is 0.867 bits per heavy atom. The van der Waals surface area contributed by atoms with Crippen LogP contribution in [0.25, 0.3) is 11.3 Å². The Balaban J connectivity index is 1.08. The van der Waals surface area contributed by atoms with Gasteiger partial charge in [-0.2, -0.15) is 0 Å². The Morgan fingerprint density at radius 2 is 1.64 bits per heavy atom. The maximum Gasteiger partial charge on any atom is 0.255 e. The number of anilines is 2. The third-order valence-electron chi connectivity index (χ3n) is 8.61. The maximum atomic E-state index is 14.8. The second kappa shape index (κ2) is 12.8. The summed E-state index contributed by atoms with van der Waals surface area (Å²) < 4.78 is 14.8. The van der Waals surface area contributed by atoms with Gasteiger partial charge in [0.25, 0.3) is 5.91 Å². The Morgan fingerprint density at radius 3 is 2.42 bits per heavy atom. The summed E-state index contributed by atoms with van der Waals surface area (Å²) in [7, 11) is 0. The molecule has 11 heteroatoms. The van der Waals surface area contributed by atoms with Gasteiger partial charge in [0.15, 0.2) is 0 Å². The van der Waals surface area contributed by atoms with Crippen LogP contribution < -0.4 is 5.32 Å². The summed E-state index contributed by atoms with van der Waals surface area (Å²) in [6.07, 6.45) is 4.27. The number of halogens is 3. The van der Waals surface area contributed by atoms with Crippen LogP contribution in [0.1, 0.15) is 39.9 Å². The average Bonchev–Trinajstić information content (AvgIpc) is 3.50. The first kappa shape index (κ1) is 29.8. The normalized spacial score (nSPS) is 17.0. The van der Waals surface area contributed by atoms with Crippen LogP contribution in [-0.4, -0.2) is 82.2 Å². The molecule has 1 aromatic heterocycles. The van der Waals surface area contributed by atoms with Crippen LogP contribution in [0.4, 0.5) is 16.0 Å². The highest BCUT2D eigenvalue weighted by Gasteiger charge is 2.26. The lowest BCUT2D eigenvalue weighted by Crippen LogP contribution is -2.51. The van der Waals surface area contributed by atoms with E-state index in [-0.39, 0.29) is 18.3 Å². The highest BCUT2D eigenvalue weighted by Crippen LogP contribution is 2.34. The summed E-state index contributed by atoms with van der Waals surface area (Å²) in [6, 6.07) is 17.3. The van der Waals surface area contributed by atoms with Gasteiger partial charge in [0, 0.05) is 65.3 Å². The van der Waals surface area contributed by atoms with Crippen molar-refractivity contribution in [2.24, 2.45) is 4.99 Å². The highest BCUT2D eigenvalue weighted by atomic mass is 35.5. The van der Waals surface area contributed by atoms with Gasteiger partial charge in [0.05, 0.1) is 35.2 Å². The fraction of sp³-hybridized carbons (Fsp3) is 0.294. The van der Waals surface area contributed by atoms with E-state index in [1.807, 2.05) is 17.0 Å². The molecule has 3 aliphatic heterocycles. The third kappa shape index (κ3) is 6.31. The van der Waals surface area contributed by atoms with E-state index in [2.05, 4.69) is 20.1 Å². The van der Waals surface area contributed by atoms with Crippen molar-refractivity contribution in [2.45, 2.75) is 19.4 Å². The number of piperazine rings is 1. The van der Waals surface area contributed by atoms with Gasteiger partial charge in [-0.15, -0.1) is 0 Å². The number of likely N-dealkylation sites (tertiary alicyclic amines) is 1. The molecule has 4 heterocycles. The molecule has 230 valence electrons. The van der Waals surface area contributed by atoms with Crippen molar-refractivity contribution < 1.29 is 9.18 Å². The second-order valence-electron chi connectivity index (χ2n) is 11.6. The number of rotatable bonds is 6. The number of aromatic nitrogens is 2. The lowest BCUT2D eigenvalue weighted by atomic mass is 9.95. The minimum atomic E-state index is -0.361. The lowest BCUT2D eigenvalue weighted by molar-refractivity contribution is 0.0546. The summed E-state index contributed by atoms with van der Waals surface area (Å²) in [5.74, 6) is -0.0667. The molecule has 45 heavy (non-hydrogen) atoms. The Labute approximate surface area is 271 Å². The molecule has 0 bridgehead atoms. The minimum Gasteiger partial charge on any atom is -0.336 e. The zero-order valence-corrected chi connectivity index (χ0v) is 26.2. The molecule has 8 nitrogen and oxygen atoms in total. The quantitative estimate of drug-likeness (QED) is 0.259. The summed E-state index contributed by atoms with van der Waals surface area (Å²) in [4.78, 5) is 34.2. The Hall–Kier alpha value is -3.89. The molecular weight excluding hydrogens is 612 g/mol. The number of fused-ring (bicyclic) bond motifs is 3. The van der Waals surface area contributed by atoms with E-state index >= 15 is 0 Å². The van der Waals surface area contributed by atoms with Crippen LogP contribution >= 0.6 is 23.2 Å². The minimum absolute atomic E-state index is 0.0606. The van der Waals surface area contributed by atoms with Gasteiger partial charge in [-0.05, 0) is 68.4 Å². The predicted octanol–water partition coefficient (Wildman–Crippen LogP) is 6.50. The van der Waals surface area contributed by atoms with Crippen molar-refractivity contribution in [3.05, 3.63) is 105 Å². The van der Waals surface area contributed by atoms with Gasteiger partial charge in [-0.25, -0.2) is 14.4 Å². The number of nitrogens with zero attached hydrogens (tertiary/aromatic N) is 6. The number of carbonyl (C=O) groups is 1. The maximum absolute atomic E-state index is 14.8. The molecule has 2 fully saturated rings. The average molecular weight is 645 g/mol. The smallest absolute Gasteiger partial charge is 0.255 e. The molecule has 4 aromatic rings. The van der Waals surface area contributed by atoms with Crippen LogP contribution in [0.3, 0.4) is 0 Å². The molecular formula is C34H32Cl2FN7O. The summed E-state index contributed by atoms with van der Waals surface area (Å²) >= 11 is 13.0. The fourth-order valence-electron chi connectivity index (χ4n) is 6.23. The van der Waals surface area contributed by atoms with E-state index in [1.54, 1.807) is 48.7 Å². The van der Waals surface area contributed by atoms with E-state index in [0.29, 0.717) is 62.9 Å². The topological polar surface area (TPSA) is 77.0 Å². The predicted molar refractivity (Wildman–Crippen MR) is 176 cm³/mol. The van der Waals surface area contributed by atoms with Crippen molar-refractivity contribution in [3.8, 4) is 11.3 Å². The molecule has 0 saturated carbocycles. The molecule has 0 spiro atoms. The Kier molecular flexibility index (Phi) is 8.51. The molecule has 0 atom stereocenters. The van der Waals surface area contributed by atoms with Crippen molar-refractivity contribution in [2.75, 3.05) is 51.3 Å². The van der Waals surface area contributed by atoms with E-state index < -0.39 is 0 Å². The molecule has 3 aliphatic rings. The number of nitrogens with one attached hydrogen (secondary N) is 1. The van der Waals surface area contributed by atoms with Crippen LogP contribution in [0.15, 0.2) is 71.9 Å². The first-order chi connectivity index (χ1) is 21.9. The standard InChI is InChI=1S/C34H32Cl2FN7O/c35-23-7-9-25-28(17-23)32(27-5-1-2-6-30(27)37)38-19-22-20-39-34(41-31(22)25)40-24-8-10-26(29(36)18-24)33(45)44-15-13-43(14-16-44)21-42-11-3-4-12-42/h1-2,5-10,17-18,20H,3-4,11-16,19,21H2,(H,39,40,41). The number of amides is 1. The third-order valence-corrected chi connectivity index (χ3v) is 9.15. The highest BCUT2D eigenvalue weighted by molar-refractivity contribution is 6.34.